The van der Waals surface area contributed by atoms with Crippen LogP contribution in [0.1, 0.15) is 25.7 Å². The Labute approximate surface area is 130 Å². The first-order valence-electron chi connectivity index (χ1n) is 7.30. The van der Waals surface area contributed by atoms with Gasteiger partial charge in [0.25, 0.3) is 0 Å². The van der Waals surface area contributed by atoms with E-state index in [9.17, 15) is 9.90 Å². The van der Waals surface area contributed by atoms with Crippen LogP contribution in [0.5, 0.6) is 0 Å². The van der Waals surface area contributed by atoms with E-state index in [-0.39, 0.29) is 12.0 Å². The molecule has 4 N–H and O–H groups in total. The number of β-amino-alcohol motifs (C(OH)–C–C–N with tert-alkyl or cyclic N) is 1. The predicted octanol–water partition coefficient (Wildman–Crippen LogP) is 2.10. The van der Waals surface area contributed by atoms with Gasteiger partial charge in [0.2, 0.25) is 5.91 Å². The normalized spacial score (nSPS) is 19.4. The van der Waals surface area contributed by atoms with E-state index in [1.807, 2.05) is 0 Å². The monoisotopic (exact) mass is 311 g/mol. The van der Waals surface area contributed by atoms with E-state index < -0.39 is 0 Å². The molecule has 2 rings (SSSR count). The van der Waals surface area contributed by atoms with E-state index in [2.05, 4.69) is 10.2 Å². The van der Waals surface area contributed by atoms with Crippen molar-refractivity contribution in [3.63, 3.8) is 0 Å². The molecule has 0 aromatic heterocycles. The van der Waals surface area contributed by atoms with Crippen LogP contribution < -0.4 is 11.1 Å². The number of rotatable bonds is 5. The van der Waals surface area contributed by atoms with E-state index in [0.717, 1.165) is 32.4 Å². The molecule has 0 aliphatic carbocycles. The van der Waals surface area contributed by atoms with Crippen molar-refractivity contribution in [2.75, 3.05) is 30.7 Å². The number of hydrogen-bond acceptors (Lipinski definition) is 4. The summed E-state index contributed by atoms with van der Waals surface area (Å²) in [5.74, 6) is -0.0680. The van der Waals surface area contributed by atoms with E-state index >= 15 is 0 Å². The molecule has 116 valence electrons. The Morgan fingerprint density at radius 2 is 2.33 bits per heavy atom. The van der Waals surface area contributed by atoms with Crippen molar-refractivity contribution in [2.24, 2.45) is 0 Å². The van der Waals surface area contributed by atoms with Gasteiger partial charge in [0.05, 0.1) is 17.5 Å². The van der Waals surface area contributed by atoms with Gasteiger partial charge in [0, 0.05) is 18.0 Å². The number of halogens is 1. The summed E-state index contributed by atoms with van der Waals surface area (Å²) in [6.07, 6.45) is 2.87. The first kappa shape index (κ1) is 16.1. The van der Waals surface area contributed by atoms with Crippen LogP contribution in [-0.4, -0.2) is 41.7 Å². The van der Waals surface area contributed by atoms with Crippen LogP contribution >= 0.6 is 11.6 Å². The van der Waals surface area contributed by atoms with Gasteiger partial charge in [0.15, 0.2) is 0 Å². The molecule has 1 heterocycles. The molecule has 1 unspecified atom stereocenters. The number of anilines is 2. The number of likely N-dealkylation sites (tertiary alicyclic amines) is 1. The van der Waals surface area contributed by atoms with Crippen molar-refractivity contribution in [3.8, 4) is 0 Å². The van der Waals surface area contributed by atoms with Gasteiger partial charge in [-0.15, -0.1) is 0 Å². The number of aliphatic hydroxyl groups excluding tert-OH is 1. The van der Waals surface area contributed by atoms with E-state index in [4.69, 9.17) is 17.3 Å². The predicted molar refractivity (Wildman–Crippen MR) is 85.4 cm³/mol. The van der Waals surface area contributed by atoms with Crippen molar-refractivity contribution in [1.82, 2.24) is 4.90 Å². The molecule has 0 bridgehead atoms. The second-order valence-corrected chi connectivity index (χ2v) is 5.92. The molecule has 1 aromatic carbocycles. The second kappa shape index (κ2) is 7.64. The number of piperidine rings is 1. The fraction of sp³-hybridized carbons (Fsp3) is 0.533. The van der Waals surface area contributed by atoms with Gasteiger partial charge >= 0.3 is 0 Å². The lowest BCUT2D eigenvalue weighted by Gasteiger charge is -2.29. The second-order valence-electron chi connectivity index (χ2n) is 5.48. The number of benzene rings is 1. The third kappa shape index (κ3) is 5.19. The molecule has 0 radical (unpaired) electrons. The van der Waals surface area contributed by atoms with Crippen LogP contribution in [0.4, 0.5) is 11.4 Å². The van der Waals surface area contributed by atoms with Gasteiger partial charge in [0.1, 0.15) is 0 Å². The number of nitrogens with one attached hydrogen (secondary N) is 1. The number of aliphatic hydroxyl groups is 1. The topological polar surface area (TPSA) is 78.6 Å². The van der Waals surface area contributed by atoms with Crippen LogP contribution in [0.2, 0.25) is 5.02 Å². The zero-order valence-electron chi connectivity index (χ0n) is 12.0. The Bertz CT molecular complexity index is 496. The first-order valence-corrected chi connectivity index (χ1v) is 7.67. The number of nitrogen functional groups attached to an aromatic ring is 1. The van der Waals surface area contributed by atoms with Gasteiger partial charge < -0.3 is 21.1 Å². The standard InChI is InChI=1S/C15H22ClN3O2/c16-11-5-6-13(17)14(9-11)18-15(21)4-2-8-19-7-1-3-12(20)10-19/h5-6,9,12,20H,1-4,7-8,10,17H2,(H,18,21). The molecule has 0 saturated carbocycles. The SMILES string of the molecule is Nc1ccc(Cl)cc1NC(=O)CCCN1CCCC(O)C1. The van der Waals surface area contributed by atoms with Crippen molar-refractivity contribution >= 4 is 28.9 Å². The number of amides is 1. The quantitative estimate of drug-likeness (QED) is 0.728. The molecule has 1 fully saturated rings. The fourth-order valence-electron chi connectivity index (χ4n) is 2.55. The summed E-state index contributed by atoms with van der Waals surface area (Å²) in [5.41, 5.74) is 6.85. The van der Waals surface area contributed by atoms with Crippen LogP contribution in [0.15, 0.2) is 18.2 Å². The lowest BCUT2D eigenvalue weighted by Crippen LogP contribution is -2.38. The highest BCUT2D eigenvalue weighted by molar-refractivity contribution is 6.31. The summed E-state index contributed by atoms with van der Waals surface area (Å²) in [6.45, 7) is 2.54. The fourth-order valence-corrected chi connectivity index (χ4v) is 2.72. The van der Waals surface area contributed by atoms with Crippen molar-refractivity contribution in [3.05, 3.63) is 23.2 Å². The number of hydrogen-bond donors (Lipinski definition) is 3. The molecule has 6 heteroatoms. The molecule has 21 heavy (non-hydrogen) atoms. The Balaban J connectivity index is 1.73. The third-order valence-electron chi connectivity index (χ3n) is 3.65. The Hall–Kier alpha value is -1.30. The Morgan fingerprint density at radius 3 is 3.10 bits per heavy atom. The summed E-state index contributed by atoms with van der Waals surface area (Å²) >= 11 is 5.88. The van der Waals surface area contributed by atoms with E-state index in [1.165, 1.54) is 0 Å². The molecule has 1 aliphatic rings. The Kier molecular flexibility index (Phi) is 5.85. The molecule has 1 saturated heterocycles. The van der Waals surface area contributed by atoms with Crippen LogP contribution in [0, 0.1) is 0 Å². The molecular formula is C15H22ClN3O2. The number of nitrogens with zero attached hydrogens (tertiary/aromatic N) is 1. The van der Waals surface area contributed by atoms with Crippen LogP contribution in [0.25, 0.3) is 0 Å². The summed E-state index contributed by atoms with van der Waals surface area (Å²) < 4.78 is 0. The average Bonchev–Trinajstić information content (AvgIpc) is 2.43. The molecule has 1 aromatic rings. The molecule has 1 atom stereocenters. The highest BCUT2D eigenvalue weighted by Gasteiger charge is 2.17. The smallest absolute Gasteiger partial charge is 0.224 e. The number of nitrogens with two attached hydrogens (primary N) is 1. The number of carbonyl (C=O) groups excluding carboxylic acids is 1. The van der Waals surface area contributed by atoms with Crippen molar-refractivity contribution < 1.29 is 9.90 Å². The highest BCUT2D eigenvalue weighted by atomic mass is 35.5. The highest BCUT2D eigenvalue weighted by Crippen LogP contribution is 2.23. The minimum absolute atomic E-state index is 0.0680. The maximum atomic E-state index is 11.9. The Morgan fingerprint density at radius 1 is 1.52 bits per heavy atom. The van der Waals surface area contributed by atoms with E-state index in [1.54, 1.807) is 18.2 Å². The van der Waals surface area contributed by atoms with Gasteiger partial charge in [-0.3, -0.25) is 4.79 Å². The maximum absolute atomic E-state index is 11.9. The minimum atomic E-state index is -0.223. The number of carbonyl (C=O) groups is 1. The maximum Gasteiger partial charge on any atom is 0.224 e. The largest absolute Gasteiger partial charge is 0.397 e. The molecule has 1 aliphatic heterocycles. The first-order chi connectivity index (χ1) is 10.0. The zero-order valence-corrected chi connectivity index (χ0v) is 12.8. The van der Waals surface area contributed by atoms with E-state index in [0.29, 0.717) is 29.4 Å². The van der Waals surface area contributed by atoms with Crippen molar-refractivity contribution in [2.45, 2.75) is 31.8 Å². The van der Waals surface area contributed by atoms with Crippen molar-refractivity contribution in [1.29, 1.82) is 0 Å². The van der Waals surface area contributed by atoms with Gasteiger partial charge in [-0.05, 0) is 50.6 Å². The molecular weight excluding hydrogens is 290 g/mol. The molecule has 5 nitrogen and oxygen atoms in total. The zero-order chi connectivity index (χ0) is 15.2. The van der Waals surface area contributed by atoms with Gasteiger partial charge in [-0.2, -0.15) is 0 Å². The third-order valence-corrected chi connectivity index (χ3v) is 3.88. The van der Waals surface area contributed by atoms with Crippen LogP contribution in [-0.2, 0) is 4.79 Å². The lowest BCUT2D eigenvalue weighted by atomic mass is 10.1. The van der Waals surface area contributed by atoms with Crippen LogP contribution in [0.3, 0.4) is 0 Å². The van der Waals surface area contributed by atoms with Gasteiger partial charge in [-0.1, -0.05) is 11.6 Å². The average molecular weight is 312 g/mol. The van der Waals surface area contributed by atoms with Gasteiger partial charge in [-0.25, -0.2) is 0 Å². The molecule has 0 spiro atoms. The lowest BCUT2D eigenvalue weighted by molar-refractivity contribution is -0.116. The molecule has 1 amide bonds. The summed E-state index contributed by atoms with van der Waals surface area (Å²) in [7, 11) is 0. The minimum Gasteiger partial charge on any atom is -0.397 e. The summed E-state index contributed by atoms with van der Waals surface area (Å²) in [5, 5.41) is 12.9. The summed E-state index contributed by atoms with van der Waals surface area (Å²) in [4.78, 5) is 14.1. The summed E-state index contributed by atoms with van der Waals surface area (Å²) in [6, 6.07) is 5.01.